The van der Waals surface area contributed by atoms with Crippen LogP contribution in [0.5, 0.6) is 5.75 Å². The van der Waals surface area contributed by atoms with Crippen molar-refractivity contribution in [3.8, 4) is 5.75 Å². The maximum absolute atomic E-state index is 11.7. The summed E-state index contributed by atoms with van der Waals surface area (Å²) in [6.45, 7) is 2.32. The second-order valence-corrected chi connectivity index (χ2v) is 5.71. The lowest BCUT2D eigenvalue weighted by Crippen LogP contribution is -2.01. The highest BCUT2D eigenvalue weighted by atomic mass is 16.6. The van der Waals surface area contributed by atoms with Crippen molar-refractivity contribution in [2.45, 2.75) is 26.4 Å². The topological polar surface area (TPSA) is 82.6 Å². The van der Waals surface area contributed by atoms with Gasteiger partial charge in [-0.05, 0) is 41.8 Å². The quantitative estimate of drug-likeness (QED) is 0.381. The van der Waals surface area contributed by atoms with E-state index in [4.69, 9.17) is 9.15 Å². The smallest absolute Gasteiger partial charge is 0.336 e. The monoisotopic (exact) mass is 339 g/mol. The molecule has 0 saturated heterocycles. The van der Waals surface area contributed by atoms with E-state index in [1.54, 1.807) is 18.2 Å². The zero-order chi connectivity index (χ0) is 17.8. The third-order valence-corrected chi connectivity index (χ3v) is 3.87. The van der Waals surface area contributed by atoms with E-state index in [2.05, 4.69) is 6.92 Å². The molecule has 1 heterocycles. The van der Waals surface area contributed by atoms with Crippen molar-refractivity contribution in [1.29, 1.82) is 0 Å². The number of aryl methyl sites for hydroxylation is 1. The molecule has 0 atom stereocenters. The molecule has 0 amide bonds. The largest absolute Gasteiger partial charge is 0.489 e. The molecule has 3 aromatic rings. The summed E-state index contributed by atoms with van der Waals surface area (Å²) >= 11 is 0. The van der Waals surface area contributed by atoms with Crippen LogP contribution in [0.3, 0.4) is 0 Å². The van der Waals surface area contributed by atoms with Gasteiger partial charge in [0.05, 0.1) is 4.92 Å². The van der Waals surface area contributed by atoms with Gasteiger partial charge in [0.1, 0.15) is 17.9 Å². The Bertz CT molecular complexity index is 960. The Balaban J connectivity index is 1.80. The van der Waals surface area contributed by atoms with Gasteiger partial charge in [-0.3, -0.25) is 10.1 Å². The maximum atomic E-state index is 11.7. The van der Waals surface area contributed by atoms with E-state index in [-0.39, 0.29) is 17.9 Å². The van der Waals surface area contributed by atoms with E-state index in [9.17, 15) is 14.9 Å². The number of ether oxygens (including phenoxy) is 1. The molecule has 1 aromatic heterocycles. The van der Waals surface area contributed by atoms with Gasteiger partial charge in [0.25, 0.3) is 5.69 Å². The third kappa shape index (κ3) is 3.85. The molecule has 2 aromatic carbocycles. The zero-order valence-corrected chi connectivity index (χ0v) is 13.7. The highest BCUT2D eigenvalue weighted by molar-refractivity contribution is 5.81. The zero-order valence-electron chi connectivity index (χ0n) is 13.7. The van der Waals surface area contributed by atoms with Crippen molar-refractivity contribution >= 4 is 16.7 Å². The first-order chi connectivity index (χ1) is 12.1. The second-order valence-electron chi connectivity index (χ2n) is 5.71. The van der Waals surface area contributed by atoms with Crippen LogP contribution in [-0.4, -0.2) is 4.92 Å². The Labute approximate surface area is 143 Å². The van der Waals surface area contributed by atoms with Crippen LogP contribution in [-0.2, 0) is 13.0 Å². The average molecular weight is 339 g/mol. The first-order valence-corrected chi connectivity index (χ1v) is 7.99. The SMILES string of the molecule is CCCc1cc(=O)oc2cc(OCc3ccc([N+](=O)[O-])cc3)ccc12. The predicted molar refractivity (Wildman–Crippen MR) is 93.9 cm³/mol. The first-order valence-electron chi connectivity index (χ1n) is 7.99. The lowest BCUT2D eigenvalue weighted by atomic mass is 10.1. The summed E-state index contributed by atoms with van der Waals surface area (Å²) in [6.07, 6.45) is 1.75. The number of nitro groups is 1. The van der Waals surface area contributed by atoms with Crippen molar-refractivity contribution in [2.75, 3.05) is 0 Å². The normalized spacial score (nSPS) is 10.8. The summed E-state index contributed by atoms with van der Waals surface area (Å²) in [7, 11) is 0. The minimum Gasteiger partial charge on any atom is -0.489 e. The Morgan fingerprint density at radius 3 is 2.56 bits per heavy atom. The molecule has 6 nitrogen and oxygen atoms in total. The van der Waals surface area contributed by atoms with E-state index in [0.29, 0.717) is 11.3 Å². The summed E-state index contributed by atoms with van der Waals surface area (Å²) in [5, 5.41) is 11.6. The fourth-order valence-corrected chi connectivity index (χ4v) is 2.66. The van der Waals surface area contributed by atoms with E-state index in [1.807, 2.05) is 12.1 Å². The molecule has 0 aliphatic rings. The molecule has 0 aliphatic heterocycles. The minimum atomic E-state index is -0.441. The molecule has 25 heavy (non-hydrogen) atoms. The minimum absolute atomic E-state index is 0.0414. The van der Waals surface area contributed by atoms with Gasteiger partial charge in [-0.1, -0.05) is 13.3 Å². The molecule has 0 fully saturated rings. The van der Waals surface area contributed by atoms with Crippen molar-refractivity contribution in [2.24, 2.45) is 0 Å². The van der Waals surface area contributed by atoms with Gasteiger partial charge in [-0.15, -0.1) is 0 Å². The van der Waals surface area contributed by atoms with Crippen LogP contribution < -0.4 is 10.4 Å². The number of nitrogens with zero attached hydrogens (tertiary/aromatic N) is 1. The average Bonchev–Trinajstić information content (AvgIpc) is 2.60. The van der Waals surface area contributed by atoms with Crippen LogP contribution in [0, 0.1) is 10.1 Å². The summed E-state index contributed by atoms with van der Waals surface area (Å²) < 4.78 is 11.0. The Kier molecular flexibility index (Phi) is 4.79. The van der Waals surface area contributed by atoms with Crippen LogP contribution in [0.4, 0.5) is 5.69 Å². The lowest BCUT2D eigenvalue weighted by molar-refractivity contribution is -0.384. The van der Waals surface area contributed by atoms with E-state index in [0.717, 1.165) is 29.4 Å². The number of rotatable bonds is 6. The van der Waals surface area contributed by atoms with Crippen molar-refractivity contribution < 1.29 is 14.1 Å². The molecule has 3 rings (SSSR count). The molecule has 128 valence electrons. The van der Waals surface area contributed by atoms with Gasteiger partial charge in [-0.2, -0.15) is 0 Å². The third-order valence-electron chi connectivity index (χ3n) is 3.87. The Morgan fingerprint density at radius 1 is 1.12 bits per heavy atom. The van der Waals surface area contributed by atoms with Crippen LogP contribution in [0.25, 0.3) is 11.0 Å². The van der Waals surface area contributed by atoms with Crippen molar-refractivity contribution in [3.63, 3.8) is 0 Å². The van der Waals surface area contributed by atoms with Gasteiger partial charge in [0.2, 0.25) is 0 Å². The number of nitro benzene ring substituents is 1. The number of non-ortho nitro benzene ring substituents is 1. The van der Waals surface area contributed by atoms with Crippen LogP contribution in [0.2, 0.25) is 0 Å². The Hall–Kier alpha value is -3.15. The van der Waals surface area contributed by atoms with E-state index < -0.39 is 4.92 Å². The lowest BCUT2D eigenvalue weighted by Gasteiger charge is -2.08. The summed E-state index contributed by atoms with van der Waals surface area (Å²) in [5.74, 6) is 0.572. The van der Waals surface area contributed by atoms with Gasteiger partial charge >= 0.3 is 5.63 Å². The molecule has 0 unspecified atom stereocenters. The van der Waals surface area contributed by atoms with Crippen molar-refractivity contribution in [3.05, 3.63) is 80.2 Å². The molecule has 0 saturated carbocycles. The Morgan fingerprint density at radius 2 is 1.88 bits per heavy atom. The molecule has 6 heteroatoms. The molecule has 0 radical (unpaired) electrons. The van der Waals surface area contributed by atoms with Crippen molar-refractivity contribution in [1.82, 2.24) is 0 Å². The fourth-order valence-electron chi connectivity index (χ4n) is 2.66. The molecular formula is C19H17NO5. The van der Waals surface area contributed by atoms with Gasteiger partial charge in [0, 0.05) is 29.7 Å². The van der Waals surface area contributed by atoms with Crippen LogP contribution >= 0.6 is 0 Å². The number of benzene rings is 2. The molecule has 0 aliphatic carbocycles. The highest BCUT2D eigenvalue weighted by Gasteiger charge is 2.08. The molecule has 0 N–H and O–H groups in total. The highest BCUT2D eigenvalue weighted by Crippen LogP contribution is 2.24. The van der Waals surface area contributed by atoms with Gasteiger partial charge in [0.15, 0.2) is 0 Å². The molecular weight excluding hydrogens is 322 g/mol. The second kappa shape index (κ2) is 7.17. The summed E-state index contributed by atoms with van der Waals surface area (Å²) in [6, 6.07) is 13.1. The standard InChI is InChI=1S/C19H17NO5/c1-2-3-14-10-19(21)25-18-11-16(8-9-17(14)18)24-12-13-4-6-15(7-5-13)20(22)23/h4-11H,2-3,12H2,1H3. The summed E-state index contributed by atoms with van der Waals surface area (Å²) in [5.41, 5.74) is 1.95. The maximum Gasteiger partial charge on any atom is 0.336 e. The van der Waals surface area contributed by atoms with Crippen LogP contribution in [0.15, 0.2) is 57.7 Å². The van der Waals surface area contributed by atoms with Crippen LogP contribution in [0.1, 0.15) is 24.5 Å². The molecule has 0 spiro atoms. The first kappa shape index (κ1) is 16.7. The number of hydrogen-bond acceptors (Lipinski definition) is 5. The van der Waals surface area contributed by atoms with Gasteiger partial charge in [-0.25, -0.2) is 4.79 Å². The summed E-state index contributed by atoms with van der Waals surface area (Å²) in [4.78, 5) is 21.9. The van der Waals surface area contributed by atoms with E-state index >= 15 is 0 Å². The fraction of sp³-hybridized carbons (Fsp3) is 0.211. The van der Waals surface area contributed by atoms with Gasteiger partial charge < -0.3 is 9.15 Å². The number of fused-ring (bicyclic) bond motifs is 1. The number of hydrogen-bond donors (Lipinski definition) is 0. The predicted octanol–water partition coefficient (Wildman–Crippen LogP) is 4.23. The molecule has 0 bridgehead atoms. The van der Waals surface area contributed by atoms with E-state index in [1.165, 1.54) is 18.2 Å².